The molecule has 152 valence electrons. The third-order valence-electron chi connectivity index (χ3n) is 5.00. The van der Waals surface area contributed by atoms with Crippen LogP contribution in [-0.4, -0.2) is 21.1 Å². The second-order valence-corrected chi connectivity index (χ2v) is 7.34. The molecule has 0 aliphatic carbocycles. The van der Waals surface area contributed by atoms with Gasteiger partial charge in [-0.1, -0.05) is 49.4 Å². The molecule has 3 rings (SSSR count). The van der Waals surface area contributed by atoms with Gasteiger partial charge < -0.3 is 5.32 Å². The number of aryl methyl sites for hydroxylation is 1. The van der Waals surface area contributed by atoms with Crippen LogP contribution in [0.1, 0.15) is 32.3 Å². The molecular formula is C23H27N3O3. The second-order valence-electron chi connectivity index (χ2n) is 7.34. The molecule has 0 saturated carbocycles. The normalized spacial score (nSPS) is 12.1. The summed E-state index contributed by atoms with van der Waals surface area (Å²) in [5.41, 5.74) is 0.965. The first kappa shape index (κ1) is 20.6. The van der Waals surface area contributed by atoms with Crippen molar-refractivity contribution >= 4 is 16.8 Å². The number of hydrogen-bond donors (Lipinski definition) is 1. The molecule has 0 saturated heterocycles. The maximum absolute atomic E-state index is 12.9. The lowest BCUT2D eigenvalue weighted by Crippen LogP contribution is -2.43. The van der Waals surface area contributed by atoms with Gasteiger partial charge in [-0.2, -0.15) is 0 Å². The SMILES string of the molecule is CCCn1c(=O)c2ccccc2n(CC(=O)N[C@H](C)CCc2ccccc2)c1=O. The van der Waals surface area contributed by atoms with Gasteiger partial charge in [-0.15, -0.1) is 0 Å². The number of nitrogens with zero attached hydrogens (tertiary/aromatic N) is 2. The minimum Gasteiger partial charge on any atom is -0.352 e. The second kappa shape index (κ2) is 9.37. The molecule has 1 N–H and O–H groups in total. The molecule has 1 atom stereocenters. The highest BCUT2D eigenvalue weighted by Crippen LogP contribution is 2.08. The number of rotatable bonds is 8. The fourth-order valence-electron chi connectivity index (χ4n) is 3.51. The zero-order valence-electron chi connectivity index (χ0n) is 16.9. The Bertz CT molecular complexity index is 1100. The summed E-state index contributed by atoms with van der Waals surface area (Å²) in [5.74, 6) is -0.237. The van der Waals surface area contributed by atoms with Gasteiger partial charge in [0.05, 0.1) is 10.9 Å². The van der Waals surface area contributed by atoms with Crippen molar-refractivity contribution in [2.45, 2.75) is 52.2 Å². The Morgan fingerprint density at radius 1 is 1.00 bits per heavy atom. The Morgan fingerprint density at radius 2 is 1.69 bits per heavy atom. The summed E-state index contributed by atoms with van der Waals surface area (Å²) in [6.07, 6.45) is 2.34. The van der Waals surface area contributed by atoms with Gasteiger partial charge in [0, 0.05) is 12.6 Å². The van der Waals surface area contributed by atoms with E-state index in [1.165, 1.54) is 14.7 Å². The molecule has 1 heterocycles. The average Bonchev–Trinajstić information content (AvgIpc) is 2.73. The van der Waals surface area contributed by atoms with Crippen LogP contribution in [0.4, 0.5) is 0 Å². The van der Waals surface area contributed by atoms with E-state index in [9.17, 15) is 14.4 Å². The highest BCUT2D eigenvalue weighted by Gasteiger charge is 2.15. The van der Waals surface area contributed by atoms with Gasteiger partial charge in [0.2, 0.25) is 5.91 Å². The smallest absolute Gasteiger partial charge is 0.331 e. The van der Waals surface area contributed by atoms with E-state index in [0.717, 1.165) is 12.8 Å². The number of aromatic nitrogens is 2. The average molecular weight is 393 g/mol. The van der Waals surface area contributed by atoms with Crippen LogP contribution in [0.3, 0.4) is 0 Å². The molecule has 6 nitrogen and oxygen atoms in total. The van der Waals surface area contributed by atoms with E-state index in [1.54, 1.807) is 24.3 Å². The highest BCUT2D eigenvalue weighted by atomic mass is 16.2. The van der Waals surface area contributed by atoms with Gasteiger partial charge in [0.15, 0.2) is 0 Å². The number of hydrogen-bond acceptors (Lipinski definition) is 3. The topological polar surface area (TPSA) is 73.1 Å². The van der Waals surface area contributed by atoms with E-state index in [0.29, 0.717) is 23.9 Å². The largest absolute Gasteiger partial charge is 0.352 e. The molecule has 0 bridgehead atoms. The van der Waals surface area contributed by atoms with Gasteiger partial charge in [-0.05, 0) is 43.9 Å². The first-order valence-electron chi connectivity index (χ1n) is 10.1. The van der Waals surface area contributed by atoms with E-state index in [1.807, 2.05) is 32.0 Å². The van der Waals surface area contributed by atoms with Crippen LogP contribution in [-0.2, 0) is 24.3 Å². The fourth-order valence-corrected chi connectivity index (χ4v) is 3.51. The number of carbonyl (C=O) groups excluding carboxylic acids is 1. The van der Waals surface area contributed by atoms with Crippen LogP contribution in [0.2, 0.25) is 0 Å². The Morgan fingerprint density at radius 3 is 2.41 bits per heavy atom. The Balaban J connectivity index is 1.77. The third kappa shape index (κ3) is 4.83. The van der Waals surface area contributed by atoms with Crippen molar-refractivity contribution in [3.63, 3.8) is 0 Å². The first-order chi connectivity index (χ1) is 14.0. The fraction of sp³-hybridized carbons (Fsp3) is 0.348. The van der Waals surface area contributed by atoms with Crippen molar-refractivity contribution in [1.29, 1.82) is 0 Å². The van der Waals surface area contributed by atoms with Crippen molar-refractivity contribution in [1.82, 2.24) is 14.5 Å². The molecule has 0 aliphatic heterocycles. The van der Waals surface area contributed by atoms with E-state index in [4.69, 9.17) is 0 Å². The summed E-state index contributed by atoms with van der Waals surface area (Å²) in [5, 5.41) is 3.42. The molecule has 29 heavy (non-hydrogen) atoms. The summed E-state index contributed by atoms with van der Waals surface area (Å²) >= 11 is 0. The van der Waals surface area contributed by atoms with Crippen LogP contribution in [0.5, 0.6) is 0 Å². The van der Waals surface area contributed by atoms with Gasteiger partial charge >= 0.3 is 5.69 Å². The highest BCUT2D eigenvalue weighted by molar-refractivity contribution is 5.81. The quantitative estimate of drug-likeness (QED) is 0.640. The Labute approximate surface area is 169 Å². The third-order valence-corrected chi connectivity index (χ3v) is 5.00. The molecule has 0 unspecified atom stereocenters. The van der Waals surface area contributed by atoms with Crippen molar-refractivity contribution < 1.29 is 4.79 Å². The summed E-state index contributed by atoms with van der Waals surface area (Å²) < 4.78 is 2.61. The number of nitrogens with one attached hydrogen (secondary N) is 1. The standard InChI is InChI=1S/C23H27N3O3/c1-3-15-25-22(28)19-11-7-8-12-20(19)26(23(25)29)16-21(27)24-17(2)13-14-18-9-5-4-6-10-18/h4-12,17H,3,13-16H2,1-2H3,(H,24,27)/t17-/m1/s1. The summed E-state index contributed by atoms with van der Waals surface area (Å²) in [4.78, 5) is 38.1. The molecule has 0 radical (unpaired) electrons. The maximum atomic E-state index is 12.9. The number of amides is 1. The van der Waals surface area contributed by atoms with Crippen molar-refractivity contribution in [3.05, 3.63) is 81.0 Å². The zero-order chi connectivity index (χ0) is 20.8. The first-order valence-corrected chi connectivity index (χ1v) is 10.1. The van der Waals surface area contributed by atoms with Crippen LogP contribution >= 0.6 is 0 Å². The molecule has 2 aromatic carbocycles. The number of carbonyl (C=O) groups is 1. The minimum atomic E-state index is -0.442. The van der Waals surface area contributed by atoms with Crippen LogP contribution in [0.25, 0.3) is 10.9 Å². The monoisotopic (exact) mass is 393 g/mol. The lowest BCUT2D eigenvalue weighted by Gasteiger charge is -2.17. The Hall–Kier alpha value is -3.15. The zero-order valence-corrected chi connectivity index (χ0v) is 16.9. The maximum Gasteiger partial charge on any atom is 0.331 e. The molecule has 1 amide bonds. The summed E-state index contributed by atoms with van der Waals surface area (Å²) in [7, 11) is 0. The minimum absolute atomic E-state index is 0.0220. The lowest BCUT2D eigenvalue weighted by molar-refractivity contribution is -0.122. The molecule has 0 spiro atoms. The van der Waals surface area contributed by atoms with Crippen molar-refractivity contribution in [3.8, 4) is 0 Å². The van der Waals surface area contributed by atoms with E-state index < -0.39 is 5.69 Å². The number of fused-ring (bicyclic) bond motifs is 1. The number of para-hydroxylation sites is 1. The number of benzene rings is 2. The predicted octanol–water partition coefficient (Wildman–Crippen LogP) is 2.71. The van der Waals surface area contributed by atoms with E-state index >= 15 is 0 Å². The summed E-state index contributed by atoms with van der Waals surface area (Å²) in [6, 6.07) is 17.0. The molecule has 0 aliphatic rings. The predicted molar refractivity (Wildman–Crippen MR) is 115 cm³/mol. The van der Waals surface area contributed by atoms with Gasteiger partial charge in [0.25, 0.3) is 5.56 Å². The van der Waals surface area contributed by atoms with Crippen LogP contribution < -0.4 is 16.6 Å². The van der Waals surface area contributed by atoms with Gasteiger partial charge in [-0.25, -0.2) is 4.79 Å². The lowest BCUT2D eigenvalue weighted by atomic mass is 10.1. The van der Waals surface area contributed by atoms with Crippen molar-refractivity contribution in [2.24, 2.45) is 0 Å². The molecule has 1 aromatic heterocycles. The molecular weight excluding hydrogens is 366 g/mol. The van der Waals surface area contributed by atoms with Gasteiger partial charge in [0.1, 0.15) is 6.54 Å². The van der Waals surface area contributed by atoms with Gasteiger partial charge in [-0.3, -0.25) is 18.7 Å². The molecule has 6 heteroatoms. The van der Waals surface area contributed by atoms with Crippen molar-refractivity contribution in [2.75, 3.05) is 0 Å². The summed E-state index contributed by atoms with van der Waals surface area (Å²) in [6.45, 7) is 4.09. The molecule has 3 aromatic rings. The molecule has 0 fully saturated rings. The van der Waals surface area contributed by atoms with E-state index in [2.05, 4.69) is 17.4 Å². The van der Waals surface area contributed by atoms with E-state index in [-0.39, 0.29) is 24.1 Å². The Kier molecular flexibility index (Phi) is 6.65. The van der Waals surface area contributed by atoms with Crippen LogP contribution in [0.15, 0.2) is 64.2 Å². The van der Waals surface area contributed by atoms with Crippen LogP contribution in [0, 0.1) is 0 Å².